The molecule has 0 radical (unpaired) electrons. The van der Waals surface area contributed by atoms with Crippen molar-refractivity contribution >= 4 is 29.3 Å². The van der Waals surface area contributed by atoms with Gasteiger partial charge < -0.3 is 25.8 Å². The standard InChI is InChI=1S/C28H33ClF3N7O3/c1-26(2,3)20-6-9-39(37-20)19-12-16(29)4-5-17(19)23(28(30,31)32)42-22-13-21(35-25(33)36-22)38-10-7-27(8-11-38)14-18(24(40)41)34-15-27/h4-6,9,12-13,18,23,34H,7-8,10-11,14-15H2,1-3H3,(H,40,41)(H2,33,35,36)/t18?,23-/m1/s1. The van der Waals surface area contributed by atoms with Crippen molar-refractivity contribution in [3.63, 3.8) is 0 Å². The van der Waals surface area contributed by atoms with Crippen molar-refractivity contribution in [1.29, 1.82) is 0 Å². The molecule has 0 bridgehead atoms. The van der Waals surface area contributed by atoms with Crippen LogP contribution in [0.15, 0.2) is 36.5 Å². The Hall–Kier alpha value is -3.58. The van der Waals surface area contributed by atoms with E-state index in [1.165, 1.54) is 28.9 Å². The molecule has 1 unspecified atom stereocenters. The van der Waals surface area contributed by atoms with Crippen molar-refractivity contribution in [2.45, 2.75) is 63.8 Å². The number of halogens is 4. The van der Waals surface area contributed by atoms with Crippen LogP contribution in [0, 0.1) is 5.41 Å². The molecule has 0 amide bonds. The maximum absolute atomic E-state index is 14.6. The zero-order valence-electron chi connectivity index (χ0n) is 23.5. The Balaban J connectivity index is 1.41. The second-order valence-corrected chi connectivity index (χ2v) is 12.5. The summed E-state index contributed by atoms with van der Waals surface area (Å²) in [5.41, 5.74) is 6.07. The number of ether oxygens (including phenoxy) is 1. The minimum atomic E-state index is -4.82. The van der Waals surface area contributed by atoms with Crippen LogP contribution in [0.2, 0.25) is 5.02 Å². The van der Waals surface area contributed by atoms with Gasteiger partial charge in [0.2, 0.25) is 17.9 Å². The molecule has 42 heavy (non-hydrogen) atoms. The molecule has 226 valence electrons. The predicted molar refractivity (Wildman–Crippen MR) is 151 cm³/mol. The third-order valence-electron chi connectivity index (χ3n) is 7.93. The Morgan fingerprint density at radius 3 is 2.50 bits per heavy atom. The second-order valence-electron chi connectivity index (χ2n) is 12.0. The van der Waals surface area contributed by atoms with Gasteiger partial charge in [-0.1, -0.05) is 38.4 Å². The quantitative estimate of drug-likeness (QED) is 0.358. The highest BCUT2D eigenvalue weighted by Crippen LogP contribution is 2.42. The molecule has 1 spiro atoms. The fraction of sp³-hybridized carbons (Fsp3) is 0.500. The van der Waals surface area contributed by atoms with Crippen LogP contribution in [0.5, 0.6) is 5.88 Å². The third kappa shape index (κ3) is 6.26. The lowest BCUT2D eigenvalue weighted by molar-refractivity contribution is -0.198. The highest BCUT2D eigenvalue weighted by molar-refractivity contribution is 6.30. The van der Waals surface area contributed by atoms with E-state index in [-0.39, 0.29) is 38.9 Å². The number of aromatic nitrogens is 4. The molecule has 5 rings (SSSR count). The second kappa shape index (κ2) is 10.9. The lowest BCUT2D eigenvalue weighted by atomic mass is 9.76. The first-order valence-electron chi connectivity index (χ1n) is 13.6. The zero-order chi connectivity index (χ0) is 30.4. The predicted octanol–water partition coefficient (Wildman–Crippen LogP) is 4.91. The first kappa shape index (κ1) is 29.9. The normalized spacial score (nSPS) is 19.7. The van der Waals surface area contributed by atoms with Crippen molar-refractivity contribution in [2.75, 3.05) is 30.3 Å². The topological polar surface area (TPSA) is 131 Å². The first-order valence-corrected chi connectivity index (χ1v) is 14.0. The number of hydrogen-bond acceptors (Lipinski definition) is 8. The monoisotopic (exact) mass is 607 g/mol. The molecule has 4 heterocycles. The van der Waals surface area contributed by atoms with Crippen molar-refractivity contribution in [3.05, 3.63) is 52.8 Å². The largest absolute Gasteiger partial charge is 0.480 e. The summed E-state index contributed by atoms with van der Waals surface area (Å²) in [6, 6.07) is 6.56. The number of nitrogens with two attached hydrogens (primary N) is 1. The van der Waals surface area contributed by atoms with Crippen LogP contribution < -0.4 is 20.7 Å². The van der Waals surface area contributed by atoms with Crippen LogP contribution in [0.3, 0.4) is 0 Å². The van der Waals surface area contributed by atoms with Gasteiger partial charge in [-0.15, -0.1) is 0 Å². The summed E-state index contributed by atoms with van der Waals surface area (Å²) in [5, 5.41) is 17.2. The molecule has 1 aromatic carbocycles. The van der Waals surface area contributed by atoms with E-state index >= 15 is 0 Å². The van der Waals surface area contributed by atoms with Crippen LogP contribution in [0.1, 0.15) is 57.4 Å². The number of benzene rings is 1. The number of anilines is 2. The molecule has 2 saturated heterocycles. The van der Waals surface area contributed by atoms with Crippen LogP contribution in [0.25, 0.3) is 5.69 Å². The maximum Gasteiger partial charge on any atom is 0.429 e. The molecule has 0 aliphatic carbocycles. The number of carboxylic acid groups (broad SMARTS) is 1. The summed E-state index contributed by atoms with van der Waals surface area (Å²) in [5.74, 6) is -1.09. The Kier molecular flexibility index (Phi) is 7.77. The highest BCUT2D eigenvalue weighted by atomic mass is 35.5. The number of carbonyl (C=O) groups is 1. The number of nitrogens with one attached hydrogen (secondary N) is 1. The van der Waals surface area contributed by atoms with E-state index < -0.39 is 24.3 Å². The van der Waals surface area contributed by atoms with Crippen LogP contribution in [-0.4, -0.2) is 62.7 Å². The molecular weight excluding hydrogens is 575 g/mol. The van der Waals surface area contributed by atoms with Gasteiger partial charge in [0.05, 0.1) is 11.4 Å². The molecule has 2 fully saturated rings. The molecule has 3 aromatic rings. The van der Waals surface area contributed by atoms with Gasteiger partial charge in [-0.05, 0) is 42.9 Å². The molecule has 0 saturated carbocycles. The number of alkyl halides is 3. The van der Waals surface area contributed by atoms with Crippen LogP contribution in [0.4, 0.5) is 24.9 Å². The molecule has 2 atom stereocenters. The van der Waals surface area contributed by atoms with Gasteiger partial charge in [-0.25, -0.2) is 4.68 Å². The van der Waals surface area contributed by atoms with Gasteiger partial charge in [0, 0.05) is 47.9 Å². The van der Waals surface area contributed by atoms with E-state index in [1.54, 1.807) is 12.3 Å². The lowest BCUT2D eigenvalue weighted by Crippen LogP contribution is -2.41. The SMILES string of the molecule is CC(C)(C)c1ccn(-c2cc(Cl)ccc2[C@@H](Oc2cc(N3CCC4(CC3)CNC(C(=O)O)C4)nc(N)n2)C(F)(F)F)n1. The minimum absolute atomic E-state index is 0.119. The highest BCUT2D eigenvalue weighted by Gasteiger charge is 2.46. The van der Waals surface area contributed by atoms with Crippen molar-refractivity contribution in [1.82, 2.24) is 25.1 Å². The van der Waals surface area contributed by atoms with E-state index in [0.29, 0.717) is 50.4 Å². The number of piperidine rings is 1. The van der Waals surface area contributed by atoms with E-state index in [1.807, 2.05) is 25.7 Å². The number of aliphatic carboxylic acids is 1. The molecular formula is C28H33ClF3N7O3. The van der Waals surface area contributed by atoms with E-state index in [9.17, 15) is 23.1 Å². The fourth-order valence-electron chi connectivity index (χ4n) is 5.56. The van der Waals surface area contributed by atoms with Crippen LogP contribution >= 0.6 is 11.6 Å². The van der Waals surface area contributed by atoms with E-state index in [4.69, 9.17) is 22.1 Å². The van der Waals surface area contributed by atoms with Crippen molar-refractivity contribution in [3.8, 4) is 11.6 Å². The Morgan fingerprint density at radius 2 is 1.90 bits per heavy atom. The number of rotatable bonds is 6. The van der Waals surface area contributed by atoms with Gasteiger partial charge >= 0.3 is 12.1 Å². The van der Waals surface area contributed by atoms with E-state index in [2.05, 4.69) is 20.4 Å². The van der Waals surface area contributed by atoms with Crippen molar-refractivity contribution < 1.29 is 27.8 Å². The molecule has 2 aliphatic rings. The molecule has 4 N–H and O–H groups in total. The molecule has 14 heteroatoms. The van der Waals surface area contributed by atoms with E-state index in [0.717, 1.165) is 0 Å². The summed E-state index contributed by atoms with van der Waals surface area (Å²) >= 11 is 6.20. The minimum Gasteiger partial charge on any atom is -0.480 e. The Morgan fingerprint density at radius 1 is 1.19 bits per heavy atom. The van der Waals surface area contributed by atoms with Gasteiger partial charge in [-0.3, -0.25) is 4.79 Å². The Bertz CT molecular complexity index is 1470. The summed E-state index contributed by atoms with van der Waals surface area (Å²) in [7, 11) is 0. The smallest absolute Gasteiger partial charge is 0.429 e. The Labute approximate surface area is 246 Å². The summed E-state index contributed by atoms with van der Waals surface area (Å²) in [6.45, 7) is 7.53. The summed E-state index contributed by atoms with van der Waals surface area (Å²) in [6.07, 6.45) is -3.72. The molecule has 2 aliphatic heterocycles. The average Bonchev–Trinajstić information content (AvgIpc) is 3.56. The van der Waals surface area contributed by atoms with Gasteiger partial charge in [0.15, 0.2) is 0 Å². The molecule has 2 aromatic heterocycles. The summed E-state index contributed by atoms with van der Waals surface area (Å²) < 4.78 is 50.6. The van der Waals surface area contributed by atoms with Gasteiger partial charge in [0.1, 0.15) is 11.9 Å². The van der Waals surface area contributed by atoms with Gasteiger partial charge in [-0.2, -0.15) is 28.2 Å². The molecule has 10 nitrogen and oxygen atoms in total. The van der Waals surface area contributed by atoms with Crippen molar-refractivity contribution in [2.24, 2.45) is 5.41 Å². The van der Waals surface area contributed by atoms with Crippen LogP contribution in [-0.2, 0) is 10.2 Å². The number of hydrogen-bond donors (Lipinski definition) is 3. The fourth-order valence-corrected chi connectivity index (χ4v) is 5.72. The first-order chi connectivity index (χ1) is 19.6. The lowest BCUT2D eigenvalue weighted by Gasteiger charge is -2.39. The average molecular weight is 608 g/mol. The van der Waals surface area contributed by atoms with Gasteiger partial charge in [0.25, 0.3) is 0 Å². The summed E-state index contributed by atoms with van der Waals surface area (Å²) in [4.78, 5) is 21.5. The number of carboxylic acids is 1. The number of nitrogens with zero attached hydrogens (tertiary/aromatic N) is 5. The maximum atomic E-state index is 14.6. The zero-order valence-corrected chi connectivity index (χ0v) is 24.2. The number of nitrogen functional groups attached to an aromatic ring is 1. The third-order valence-corrected chi connectivity index (χ3v) is 8.16.